The smallest absolute Gasteiger partial charge is 0.269 e. The summed E-state index contributed by atoms with van der Waals surface area (Å²) in [5.74, 6) is 0.456. The number of ether oxygens (including phenoxy) is 2. The number of aromatic amines is 1. The molecule has 1 heterocycles. The van der Waals surface area contributed by atoms with E-state index in [4.69, 9.17) is 9.47 Å². The number of rotatable bonds is 11. The number of hydrogen-bond acceptors (Lipinski definition) is 6. The largest absolute Gasteiger partial charge is 0.490 e. The first kappa shape index (κ1) is 27.7. The lowest BCUT2D eigenvalue weighted by molar-refractivity contribution is -0.384. The molecule has 2 N–H and O–H groups in total. The molecule has 1 aromatic heterocycles. The molecule has 198 valence electrons. The molecular formula is C29H25IN4O5. The molecule has 4 rings (SSSR count). The van der Waals surface area contributed by atoms with Crippen molar-refractivity contribution in [1.82, 2.24) is 10.3 Å². The topological polar surface area (TPSA) is 130 Å². The van der Waals surface area contributed by atoms with Crippen molar-refractivity contribution in [2.45, 2.75) is 20.0 Å². The van der Waals surface area contributed by atoms with E-state index in [1.54, 1.807) is 24.3 Å². The number of H-pyrrole nitrogens is 1. The van der Waals surface area contributed by atoms with Gasteiger partial charge in [-0.25, -0.2) is 0 Å². The Balaban J connectivity index is 1.46. The number of nitrogens with one attached hydrogen (secondary N) is 2. The van der Waals surface area contributed by atoms with Gasteiger partial charge >= 0.3 is 0 Å². The number of nitro benzene ring substituents is 1. The van der Waals surface area contributed by atoms with Gasteiger partial charge in [-0.1, -0.05) is 30.3 Å². The van der Waals surface area contributed by atoms with Crippen LogP contribution >= 0.6 is 22.6 Å². The maximum absolute atomic E-state index is 12.8. The number of nitriles is 1. The van der Waals surface area contributed by atoms with E-state index in [0.717, 1.165) is 16.5 Å². The van der Waals surface area contributed by atoms with Crippen LogP contribution in [0.5, 0.6) is 11.5 Å². The van der Waals surface area contributed by atoms with E-state index in [9.17, 15) is 20.2 Å². The second-order valence-electron chi connectivity index (χ2n) is 8.51. The number of aromatic nitrogens is 1. The molecule has 0 spiro atoms. The van der Waals surface area contributed by atoms with E-state index >= 15 is 0 Å². The number of hydrogen-bond donors (Lipinski definition) is 2. The summed E-state index contributed by atoms with van der Waals surface area (Å²) in [6.45, 7) is 2.69. The molecule has 0 bridgehead atoms. The molecule has 9 nitrogen and oxygen atoms in total. The third kappa shape index (κ3) is 6.94. The van der Waals surface area contributed by atoms with Gasteiger partial charge in [0.2, 0.25) is 0 Å². The van der Waals surface area contributed by atoms with Crippen LogP contribution < -0.4 is 14.8 Å². The fraction of sp³-hybridized carbons (Fsp3) is 0.172. The maximum atomic E-state index is 12.8. The van der Waals surface area contributed by atoms with Crippen molar-refractivity contribution in [3.8, 4) is 17.6 Å². The Bertz CT molecular complexity index is 1590. The van der Waals surface area contributed by atoms with Crippen LogP contribution in [0.25, 0.3) is 17.0 Å². The third-order valence-electron chi connectivity index (χ3n) is 5.87. The van der Waals surface area contributed by atoms with Gasteiger partial charge in [0, 0.05) is 35.8 Å². The molecule has 4 aromatic rings. The summed E-state index contributed by atoms with van der Waals surface area (Å²) in [7, 11) is 0. The van der Waals surface area contributed by atoms with Gasteiger partial charge in [0.1, 0.15) is 18.2 Å². The second kappa shape index (κ2) is 12.9. The van der Waals surface area contributed by atoms with Gasteiger partial charge in [-0.15, -0.1) is 0 Å². The van der Waals surface area contributed by atoms with E-state index in [1.807, 2.05) is 43.5 Å². The van der Waals surface area contributed by atoms with E-state index in [-0.39, 0.29) is 17.9 Å². The fourth-order valence-electron chi connectivity index (χ4n) is 4.05. The molecular weight excluding hydrogens is 611 g/mol. The van der Waals surface area contributed by atoms with E-state index in [0.29, 0.717) is 45.8 Å². The minimum absolute atomic E-state index is 0.0138. The van der Waals surface area contributed by atoms with Gasteiger partial charge in [-0.05, 0) is 76.9 Å². The predicted octanol–water partition coefficient (Wildman–Crippen LogP) is 5.92. The number of carbonyl (C=O) groups excluding carboxylic acids is 1. The fourth-order valence-corrected chi connectivity index (χ4v) is 4.83. The second-order valence-corrected chi connectivity index (χ2v) is 9.68. The van der Waals surface area contributed by atoms with Gasteiger partial charge in [-0.3, -0.25) is 14.9 Å². The molecule has 0 unspecified atom stereocenters. The number of fused-ring (bicyclic) bond motifs is 1. The van der Waals surface area contributed by atoms with Crippen molar-refractivity contribution >= 4 is 51.2 Å². The predicted molar refractivity (Wildman–Crippen MR) is 156 cm³/mol. The van der Waals surface area contributed by atoms with E-state index in [1.165, 1.54) is 18.2 Å². The Labute approximate surface area is 238 Å². The number of non-ortho nitro benzene ring substituents is 1. The maximum Gasteiger partial charge on any atom is 0.269 e. The average molecular weight is 636 g/mol. The van der Waals surface area contributed by atoms with Crippen molar-refractivity contribution in [2.24, 2.45) is 0 Å². The highest BCUT2D eigenvalue weighted by Gasteiger charge is 2.15. The molecule has 0 saturated carbocycles. The molecule has 0 aliphatic heterocycles. The molecule has 3 aromatic carbocycles. The van der Waals surface area contributed by atoms with Gasteiger partial charge in [0.05, 0.1) is 15.1 Å². The lowest BCUT2D eigenvalue weighted by atomic mass is 10.1. The normalized spacial score (nSPS) is 11.2. The van der Waals surface area contributed by atoms with E-state index < -0.39 is 10.8 Å². The first-order chi connectivity index (χ1) is 18.9. The SMILES string of the molecule is CCOc1cc(/C=C(/C#N)C(=O)NCCc2c[nH]c3ccccc23)cc(I)c1OCc1cccc([N+](=O)[O-])c1. The summed E-state index contributed by atoms with van der Waals surface area (Å²) in [6.07, 6.45) is 4.06. The highest BCUT2D eigenvalue weighted by Crippen LogP contribution is 2.35. The zero-order valence-corrected chi connectivity index (χ0v) is 23.2. The molecule has 0 radical (unpaired) electrons. The number of para-hydroxylation sites is 1. The number of benzene rings is 3. The van der Waals surface area contributed by atoms with Crippen LogP contribution in [0.15, 0.2) is 72.4 Å². The van der Waals surface area contributed by atoms with Gasteiger partial charge < -0.3 is 19.8 Å². The summed E-state index contributed by atoms with van der Waals surface area (Å²) < 4.78 is 12.4. The lowest BCUT2D eigenvalue weighted by Gasteiger charge is -2.15. The van der Waals surface area contributed by atoms with Crippen molar-refractivity contribution in [2.75, 3.05) is 13.2 Å². The number of carbonyl (C=O) groups is 1. The zero-order valence-electron chi connectivity index (χ0n) is 21.1. The molecule has 0 saturated heterocycles. The minimum atomic E-state index is -0.462. The number of halogens is 1. The van der Waals surface area contributed by atoms with Crippen LogP contribution in [0.4, 0.5) is 5.69 Å². The Kier molecular flexibility index (Phi) is 9.17. The van der Waals surface area contributed by atoms with Gasteiger partial charge in [-0.2, -0.15) is 5.26 Å². The molecule has 0 atom stereocenters. The Hall–Kier alpha value is -4.37. The summed E-state index contributed by atoms with van der Waals surface area (Å²) in [4.78, 5) is 26.6. The van der Waals surface area contributed by atoms with Crippen LogP contribution in [0.1, 0.15) is 23.6 Å². The quantitative estimate of drug-likeness (QED) is 0.0691. The first-order valence-corrected chi connectivity index (χ1v) is 13.2. The van der Waals surface area contributed by atoms with Crippen molar-refractivity contribution in [3.63, 3.8) is 0 Å². The van der Waals surface area contributed by atoms with Crippen molar-refractivity contribution in [3.05, 3.63) is 103 Å². The molecule has 0 aliphatic carbocycles. The van der Waals surface area contributed by atoms with Crippen LogP contribution in [0, 0.1) is 25.0 Å². The third-order valence-corrected chi connectivity index (χ3v) is 6.67. The van der Waals surface area contributed by atoms with E-state index in [2.05, 4.69) is 32.9 Å². The number of nitro groups is 1. The molecule has 1 amide bonds. The Morgan fingerprint density at radius 1 is 1.18 bits per heavy atom. The van der Waals surface area contributed by atoms with Crippen LogP contribution in [-0.2, 0) is 17.8 Å². The molecule has 39 heavy (non-hydrogen) atoms. The number of nitrogens with zero attached hydrogens (tertiary/aromatic N) is 2. The molecule has 10 heteroatoms. The van der Waals surface area contributed by atoms with Crippen LogP contribution in [-0.4, -0.2) is 29.0 Å². The van der Waals surface area contributed by atoms with Gasteiger partial charge in [0.25, 0.3) is 11.6 Å². The van der Waals surface area contributed by atoms with Gasteiger partial charge in [0.15, 0.2) is 11.5 Å². The van der Waals surface area contributed by atoms with Crippen LogP contribution in [0.2, 0.25) is 0 Å². The van der Waals surface area contributed by atoms with Crippen molar-refractivity contribution in [1.29, 1.82) is 5.26 Å². The van der Waals surface area contributed by atoms with Crippen LogP contribution in [0.3, 0.4) is 0 Å². The first-order valence-electron chi connectivity index (χ1n) is 12.2. The highest BCUT2D eigenvalue weighted by molar-refractivity contribution is 14.1. The summed E-state index contributed by atoms with van der Waals surface area (Å²) in [6, 6.07) is 19.6. The highest BCUT2D eigenvalue weighted by atomic mass is 127. The average Bonchev–Trinajstić information content (AvgIpc) is 3.34. The lowest BCUT2D eigenvalue weighted by Crippen LogP contribution is -2.26. The minimum Gasteiger partial charge on any atom is -0.490 e. The summed E-state index contributed by atoms with van der Waals surface area (Å²) in [5, 5.41) is 24.7. The summed E-state index contributed by atoms with van der Waals surface area (Å²) >= 11 is 2.09. The Morgan fingerprint density at radius 3 is 2.77 bits per heavy atom. The Morgan fingerprint density at radius 2 is 2.00 bits per heavy atom. The zero-order chi connectivity index (χ0) is 27.8. The standard InChI is InChI=1S/C29H25IN4O5/c1-2-38-27-15-20(14-25(30)28(27)39-18-19-6-5-7-23(13-19)34(36)37)12-22(16-31)29(35)32-11-10-21-17-33-26-9-4-3-8-24(21)26/h3-9,12-15,17,33H,2,10-11,18H2,1H3,(H,32,35)/b22-12-. The molecule has 0 aliphatic rings. The monoisotopic (exact) mass is 636 g/mol. The number of amides is 1. The summed E-state index contributed by atoms with van der Waals surface area (Å²) in [5.41, 5.74) is 3.33. The molecule has 0 fully saturated rings. The van der Waals surface area contributed by atoms with Crippen molar-refractivity contribution < 1.29 is 19.2 Å².